The zero-order valence-electron chi connectivity index (χ0n) is 10.2. The third kappa shape index (κ3) is 3.22. The molecule has 0 amide bonds. The zero-order valence-corrected chi connectivity index (χ0v) is 11.8. The van der Waals surface area contributed by atoms with E-state index in [1.165, 1.54) is 6.07 Å². The first-order valence-electron chi connectivity index (χ1n) is 6.14. The van der Waals surface area contributed by atoms with Gasteiger partial charge in [0.2, 0.25) is 0 Å². The molecular formula is C12H15BrFN3O2. The maximum absolute atomic E-state index is 13.4. The summed E-state index contributed by atoms with van der Waals surface area (Å²) in [5.41, 5.74) is 6.04. The monoisotopic (exact) mass is 331 g/mol. The van der Waals surface area contributed by atoms with Crippen LogP contribution < -0.4 is 11.1 Å². The summed E-state index contributed by atoms with van der Waals surface area (Å²) in [5, 5.41) is 14.0. The van der Waals surface area contributed by atoms with Gasteiger partial charge in [-0.05, 0) is 34.8 Å². The average molecular weight is 332 g/mol. The zero-order chi connectivity index (χ0) is 14.0. The second-order valence-corrected chi connectivity index (χ2v) is 5.59. The number of hydrogen-bond donors (Lipinski definition) is 2. The van der Waals surface area contributed by atoms with E-state index < -0.39 is 10.7 Å². The Labute approximate surface area is 118 Å². The minimum Gasteiger partial charge on any atom is -0.375 e. The van der Waals surface area contributed by atoms with Crippen molar-refractivity contribution in [3.8, 4) is 0 Å². The molecule has 0 spiro atoms. The molecule has 0 saturated heterocycles. The smallest absolute Gasteiger partial charge is 0.295 e. The molecule has 0 heterocycles. The summed E-state index contributed by atoms with van der Waals surface area (Å²) in [7, 11) is 0. The van der Waals surface area contributed by atoms with E-state index in [0.29, 0.717) is 5.69 Å². The van der Waals surface area contributed by atoms with Crippen LogP contribution >= 0.6 is 15.9 Å². The fourth-order valence-electron chi connectivity index (χ4n) is 2.34. The third-order valence-corrected chi connectivity index (χ3v) is 4.00. The molecular weight excluding hydrogens is 317 g/mol. The molecule has 2 unspecified atom stereocenters. The normalized spacial score (nSPS) is 23.1. The number of halogens is 2. The van der Waals surface area contributed by atoms with E-state index in [1.807, 2.05) is 0 Å². The lowest BCUT2D eigenvalue weighted by molar-refractivity contribution is -0.384. The first-order valence-corrected chi connectivity index (χ1v) is 6.94. The largest absolute Gasteiger partial charge is 0.375 e. The quantitative estimate of drug-likeness (QED) is 0.658. The number of benzene rings is 1. The summed E-state index contributed by atoms with van der Waals surface area (Å²) in [4.78, 5) is 10.4. The summed E-state index contributed by atoms with van der Waals surface area (Å²) < 4.78 is 13.6. The molecule has 0 aromatic heterocycles. The number of nitrogens with one attached hydrogen (secondary N) is 1. The van der Waals surface area contributed by atoms with Gasteiger partial charge in [-0.2, -0.15) is 0 Å². The molecule has 3 N–H and O–H groups in total. The van der Waals surface area contributed by atoms with Crippen LogP contribution in [-0.4, -0.2) is 17.0 Å². The van der Waals surface area contributed by atoms with Gasteiger partial charge >= 0.3 is 0 Å². The molecule has 2 atom stereocenters. The number of anilines is 1. The van der Waals surface area contributed by atoms with Crippen LogP contribution in [0.15, 0.2) is 16.6 Å². The van der Waals surface area contributed by atoms with Crippen LogP contribution in [0.2, 0.25) is 0 Å². The van der Waals surface area contributed by atoms with E-state index in [4.69, 9.17) is 5.73 Å². The van der Waals surface area contributed by atoms with Crippen LogP contribution in [0.5, 0.6) is 0 Å². The van der Waals surface area contributed by atoms with Crippen molar-refractivity contribution in [2.45, 2.75) is 37.8 Å². The van der Waals surface area contributed by atoms with E-state index in [0.717, 1.165) is 31.7 Å². The third-order valence-electron chi connectivity index (χ3n) is 3.40. The maximum atomic E-state index is 13.4. The molecule has 1 aromatic rings. The molecule has 5 nitrogen and oxygen atoms in total. The highest BCUT2D eigenvalue weighted by atomic mass is 79.9. The molecule has 19 heavy (non-hydrogen) atoms. The lowest BCUT2D eigenvalue weighted by Gasteiger charge is -2.30. The summed E-state index contributed by atoms with van der Waals surface area (Å²) in [5.74, 6) is -0.648. The SMILES string of the molecule is NC1CCCCC1Nc1cc(Br)c(F)cc1[N+](=O)[O-]. The van der Waals surface area contributed by atoms with Gasteiger partial charge in [-0.1, -0.05) is 12.8 Å². The van der Waals surface area contributed by atoms with Crippen molar-refractivity contribution in [3.05, 3.63) is 32.5 Å². The average Bonchev–Trinajstić information content (AvgIpc) is 2.36. The standard InChI is InChI=1S/C12H15BrFN3O2/c13-7-5-11(12(17(18)19)6-8(7)14)16-10-4-2-1-3-9(10)15/h5-6,9-10,16H,1-4,15H2. The maximum Gasteiger partial charge on any atom is 0.295 e. The molecule has 0 bridgehead atoms. The fourth-order valence-corrected chi connectivity index (χ4v) is 2.68. The summed E-state index contributed by atoms with van der Waals surface area (Å²) in [6.07, 6.45) is 3.89. The van der Waals surface area contributed by atoms with Crippen molar-refractivity contribution in [1.82, 2.24) is 0 Å². The van der Waals surface area contributed by atoms with Crippen molar-refractivity contribution in [3.63, 3.8) is 0 Å². The molecule has 0 radical (unpaired) electrons. The first-order chi connectivity index (χ1) is 8.99. The van der Waals surface area contributed by atoms with Crippen molar-refractivity contribution < 1.29 is 9.31 Å². The van der Waals surface area contributed by atoms with Crippen LogP contribution in [-0.2, 0) is 0 Å². The predicted octanol–water partition coefficient (Wildman–Crippen LogP) is 3.18. The topological polar surface area (TPSA) is 81.2 Å². The van der Waals surface area contributed by atoms with Crippen molar-refractivity contribution in [1.29, 1.82) is 0 Å². The minimum absolute atomic E-state index is 0.00943. The summed E-state index contributed by atoms with van der Waals surface area (Å²) >= 11 is 3.04. The Bertz CT molecular complexity index is 498. The van der Waals surface area contributed by atoms with Crippen LogP contribution in [0.1, 0.15) is 25.7 Å². The second-order valence-electron chi connectivity index (χ2n) is 4.74. The number of hydrogen-bond acceptors (Lipinski definition) is 4. The Morgan fingerprint density at radius 3 is 2.74 bits per heavy atom. The molecule has 1 fully saturated rings. The number of nitro groups is 1. The van der Waals surface area contributed by atoms with Crippen LogP contribution in [0, 0.1) is 15.9 Å². The second kappa shape index (κ2) is 5.83. The lowest BCUT2D eigenvalue weighted by Crippen LogP contribution is -2.42. The number of nitro benzene ring substituents is 1. The van der Waals surface area contributed by atoms with Gasteiger partial charge in [-0.3, -0.25) is 10.1 Å². The number of rotatable bonds is 3. The Morgan fingerprint density at radius 1 is 1.42 bits per heavy atom. The van der Waals surface area contributed by atoms with E-state index in [-0.39, 0.29) is 22.2 Å². The van der Waals surface area contributed by atoms with Gasteiger partial charge in [-0.25, -0.2) is 4.39 Å². The minimum atomic E-state index is -0.648. The molecule has 1 aliphatic carbocycles. The molecule has 1 saturated carbocycles. The first kappa shape index (κ1) is 14.2. The summed E-state index contributed by atoms with van der Waals surface area (Å²) in [6, 6.07) is 2.28. The molecule has 0 aliphatic heterocycles. The van der Waals surface area contributed by atoms with Crippen molar-refractivity contribution in [2.75, 3.05) is 5.32 Å². The van der Waals surface area contributed by atoms with Gasteiger partial charge in [0, 0.05) is 12.1 Å². The molecule has 1 aromatic carbocycles. The Kier molecular flexibility index (Phi) is 4.36. The highest BCUT2D eigenvalue weighted by molar-refractivity contribution is 9.10. The predicted molar refractivity (Wildman–Crippen MR) is 74.6 cm³/mol. The van der Waals surface area contributed by atoms with Crippen molar-refractivity contribution in [2.24, 2.45) is 5.73 Å². The van der Waals surface area contributed by atoms with Gasteiger partial charge in [0.25, 0.3) is 5.69 Å². The van der Waals surface area contributed by atoms with Gasteiger partial charge in [0.05, 0.1) is 15.5 Å². The van der Waals surface area contributed by atoms with Crippen LogP contribution in [0.3, 0.4) is 0 Å². The Morgan fingerprint density at radius 2 is 2.11 bits per heavy atom. The van der Waals surface area contributed by atoms with E-state index in [9.17, 15) is 14.5 Å². The number of nitrogens with two attached hydrogens (primary N) is 1. The molecule has 1 aliphatic rings. The van der Waals surface area contributed by atoms with E-state index in [2.05, 4.69) is 21.2 Å². The molecule has 7 heteroatoms. The van der Waals surface area contributed by atoms with Crippen LogP contribution in [0.4, 0.5) is 15.8 Å². The van der Waals surface area contributed by atoms with E-state index >= 15 is 0 Å². The van der Waals surface area contributed by atoms with Gasteiger partial charge < -0.3 is 11.1 Å². The summed E-state index contributed by atoms with van der Waals surface area (Å²) in [6.45, 7) is 0. The van der Waals surface area contributed by atoms with Gasteiger partial charge in [0.15, 0.2) is 0 Å². The highest BCUT2D eigenvalue weighted by Crippen LogP contribution is 2.32. The Hall–Kier alpha value is -1.21. The van der Waals surface area contributed by atoms with Gasteiger partial charge in [0.1, 0.15) is 11.5 Å². The van der Waals surface area contributed by atoms with Crippen molar-refractivity contribution >= 4 is 27.3 Å². The van der Waals surface area contributed by atoms with E-state index in [1.54, 1.807) is 0 Å². The van der Waals surface area contributed by atoms with Crippen LogP contribution in [0.25, 0.3) is 0 Å². The van der Waals surface area contributed by atoms with Gasteiger partial charge in [-0.15, -0.1) is 0 Å². The number of nitrogens with zero attached hydrogens (tertiary/aromatic N) is 1. The molecule has 2 rings (SSSR count). The fraction of sp³-hybridized carbons (Fsp3) is 0.500. The molecule has 104 valence electrons. The Balaban J connectivity index is 2.27. The lowest BCUT2D eigenvalue weighted by atomic mass is 9.91. The highest BCUT2D eigenvalue weighted by Gasteiger charge is 2.25.